The highest BCUT2D eigenvalue weighted by Crippen LogP contribution is 2.45. The minimum Gasteiger partial charge on any atom is -0.481 e. The molecule has 0 aliphatic heterocycles. The molecule has 1 saturated carbocycles. The normalized spacial score (nSPS) is 17.3. The Morgan fingerprint density at radius 2 is 2.22 bits per heavy atom. The van der Waals surface area contributed by atoms with Gasteiger partial charge in [-0.25, -0.2) is 4.39 Å². The Balaban J connectivity index is 2.44. The van der Waals surface area contributed by atoms with Crippen LogP contribution in [0.3, 0.4) is 0 Å². The van der Waals surface area contributed by atoms with Crippen LogP contribution in [0.1, 0.15) is 30.4 Å². The maximum absolute atomic E-state index is 13.9. The average molecular weight is 273 g/mol. The van der Waals surface area contributed by atoms with Gasteiger partial charge in [-0.05, 0) is 30.5 Å². The largest absolute Gasteiger partial charge is 0.481 e. The molecule has 1 fully saturated rings. The zero-order valence-corrected chi connectivity index (χ0v) is 10.8. The lowest BCUT2D eigenvalue weighted by atomic mass is 9.64. The number of carboxylic acid groups (broad SMARTS) is 1. The summed E-state index contributed by atoms with van der Waals surface area (Å²) in [6.07, 6.45) is 1.90. The second kappa shape index (κ2) is 4.86. The van der Waals surface area contributed by atoms with E-state index in [4.69, 9.17) is 16.3 Å². The van der Waals surface area contributed by atoms with E-state index in [1.54, 1.807) is 6.07 Å². The first-order chi connectivity index (χ1) is 8.51. The van der Waals surface area contributed by atoms with Crippen LogP contribution < -0.4 is 0 Å². The van der Waals surface area contributed by atoms with Gasteiger partial charge >= 0.3 is 5.97 Å². The molecule has 0 spiro atoms. The molecule has 3 nitrogen and oxygen atoms in total. The first-order valence-electron chi connectivity index (χ1n) is 5.72. The van der Waals surface area contributed by atoms with Crippen LogP contribution in [-0.4, -0.2) is 18.2 Å². The second-order valence-corrected chi connectivity index (χ2v) is 5.00. The maximum Gasteiger partial charge on any atom is 0.314 e. The molecule has 1 aromatic carbocycles. The van der Waals surface area contributed by atoms with Crippen LogP contribution in [0.15, 0.2) is 12.1 Å². The maximum atomic E-state index is 13.9. The number of ether oxygens (including phenoxy) is 1. The molecule has 1 aliphatic rings. The van der Waals surface area contributed by atoms with Crippen molar-refractivity contribution in [3.63, 3.8) is 0 Å². The van der Waals surface area contributed by atoms with Crippen LogP contribution in [0.2, 0.25) is 5.02 Å². The van der Waals surface area contributed by atoms with Gasteiger partial charge in [0.2, 0.25) is 0 Å². The monoisotopic (exact) mass is 272 g/mol. The van der Waals surface area contributed by atoms with E-state index in [9.17, 15) is 14.3 Å². The Morgan fingerprint density at radius 1 is 1.56 bits per heavy atom. The van der Waals surface area contributed by atoms with E-state index in [-0.39, 0.29) is 17.2 Å². The third-order valence-electron chi connectivity index (χ3n) is 3.60. The summed E-state index contributed by atoms with van der Waals surface area (Å²) in [5.74, 6) is -1.42. The smallest absolute Gasteiger partial charge is 0.314 e. The fourth-order valence-corrected chi connectivity index (χ4v) is 2.58. The summed E-state index contributed by atoms with van der Waals surface area (Å²) in [6.45, 7) is 0.0744. The molecule has 2 rings (SSSR count). The number of rotatable bonds is 4. The van der Waals surface area contributed by atoms with Crippen molar-refractivity contribution in [2.75, 3.05) is 7.11 Å². The number of aliphatic carboxylic acids is 1. The molecule has 0 aromatic heterocycles. The average Bonchev–Trinajstić information content (AvgIpc) is 2.21. The van der Waals surface area contributed by atoms with Gasteiger partial charge in [0.1, 0.15) is 5.82 Å². The van der Waals surface area contributed by atoms with Gasteiger partial charge in [0.25, 0.3) is 0 Å². The van der Waals surface area contributed by atoms with Gasteiger partial charge in [-0.2, -0.15) is 0 Å². The summed E-state index contributed by atoms with van der Waals surface area (Å²) in [5.41, 5.74) is -0.248. The van der Waals surface area contributed by atoms with Gasteiger partial charge in [0, 0.05) is 17.7 Å². The van der Waals surface area contributed by atoms with Crippen LogP contribution in [0.25, 0.3) is 0 Å². The van der Waals surface area contributed by atoms with E-state index in [1.807, 2.05) is 0 Å². The molecule has 18 heavy (non-hydrogen) atoms. The van der Waals surface area contributed by atoms with E-state index in [0.29, 0.717) is 18.4 Å². The summed E-state index contributed by atoms with van der Waals surface area (Å²) in [7, 11) is 1.45. The Kier molecular flexibility index (Phi) is 3.59. The van der Waals surface area contributed by atoms with Gasteiger partial charge in [-0.1, -0.05) is 18.0 Å². The summed E-state index contributed by atoms with van der Waals surface area (Å²) < 4.78 is 18.8. The fourth-order valence-electron chi connectivity index (χ4n) is 2.32. The minimum absolute atomic E-state index is 0.0744. The topological polar surface area (TPSA) is 46.5 Å². The van der Waals surface area contributed by atoms with Gasteiger partial charge in [-0.3, -0.25) is 4.79 Å². The molecule has 0 unspecified atom stereocenters. The molecule has 1 aromatic rings. The number of carboxylic acids is 1. The lowest BCUT2D eigenvalue weighted by Crippen LogP contribution is -2.42. The molecule has 0 heterocycles. The van der Waals surface area contributed by atoms with Crippen molar-refractivity contribution >= 4 is 17.6 Å². The van der Waals surface area contributed by atoms with Crippen molar-refractivity contribution in [1.29, 1.82) is 0 Å². The van der Waals surface area contributed by atoms with Crippen molar-refractivity contribution in [2.24, 2.45) is 0 Å². The van der Waals surface area contributed by atoms with Gasteiger partial charge in [0.05, 0.1) is 12.0 Å². The zero-order chi connectivity index (χ0) is 13.3. The van der Waals surface area contributed by atoms with Crippen molar-refractivity contribution in [2.45, 2.75) is 31.3 Å². The molecule has 0 atom stereocenters. The number of methoxy groups -OCH3 is 1. The van der Waals surface area contributed by atoms with Crippen molar-refractivity contribution < 1.29 is 19.0 Å². The molecule has 0 bridgehead atoms. The fraction of sp³-hybridized carbons (Fsp3) is 0.462. The third-order valence-corrected chi connectivity index (χ3v) is 3.94. The van der Waals surface area contributed by atoms with E-state index < -0.39 is 17.2 Å². The third kappa shape index (κ3) is 1.99. The van der Waals surface area contributed by atoms with Crippen molar-refractivity contribution in [3.05, 3.63) is 34.1 Å². The van der Waals surface area contributed by atoms with Gasteiger partial charge in [0.15, 0.2) is 0 Å². The highest BCUT2D eigenvalue weighted by Gasteiger charge is 2.46. The molecular formula is C13H14ClFO3. The summed E-state index contributed by atoms with van der Waals surface area (Å²) in [5, 5.41) is 9.52. The van der Waals surface area contributed by atoms with E-state index in [0.717, 1.165) is 6.42 Å². The number of hydrogen-bond acceptors (Lipinski definition) is 2. The molecule has 0 amide bonds. The van der Waals surface area contributed by atoms with Gasteiger partial charge in [-0.15, -0.1) is 0 Å². The van der Waals surface area contributed by atoms with Crippen molar-refractivity contribution in [3.8, 4) is 0 Å². The summed E-state index contributed by atoms with van der Waals surface area (Å²) in [6, 6.07) is 2.82. The Hall–Kier alpha value is -1.13. The predicted molar refractivity (Wildman–Crippen MR) is 65.3 cm³/mol. The first kappa shape index (κ1) is 13.3. The standard InChI is InChI=1S/C13H14ClFO3/c1-18-7-9-10(14)5-8(6-11(9)15)13(12(16)17)3-2-4-13/h5-6H,2-4,7H2,1H3,(H,16,17). The summed E-state index contributed by atoms with van der Waals surface area (Å²) in [4.78, 5) is 11.3. The number of hydrogen-bond donors (Lipinski definition) is 1. The Labute approximate surface area is 110 Å². The number of carbonyl (C=O) groups is 1. The molecule has 98 valence electrons. The van der Waals surface area contributed by atoms with E-state index in [1.165, 1.54) is 13.2 Å². The minimum atomic E-state index is -0.962. The molecule has 1 N–H and O–H groups in total. The van der Waals surface area contributed by atoms with E-state index in [2.05, 4.69) is 0 Å². The summed E-state index contributed by atoms with van der Waals surface area (Å²) >= 11 is 5.99. The Morgan fingerprint density at radius 3 is 2.61 bits per heavy atom. The van der Waals surface area contributed by atoms with E-state index >= 15 is 0 Å². The SMILES string of the molecule is COCc1c(F)cc(C2(C(=O)O)CCC2)cc1Cl. The first-order valence-corrected chi connectivity index (χ1v) is 6.10. The molecule has 1 aliphatic carbocycles. The van der Waals surface area contributed by atoms with Gasteiger partial charge < -0.3 is 9.84 Å². The molecule has 0 saturated heterocycles. The Bertz CT molecular complexity index is 460. The number of benzene rings is 1. The lowest BCUT2D eigenvalue weighted by Gasteiger charge is -2.38. The highest BCUT2D eigenvalue weighted by molar-refractivity contribution is 6.31. The zero-order valence-electron chi connectivity index (χ0n) is 10.0. The van der Waals surface area contributed by atoms with Crippen LogP contribution in [0, 0.1) is 5.82 Å². The van der Waals surface area contributed by atoms with Crippen LogP contribution in [0.4, 0.5) is 4.39 Å². The molecule has 0 radical (unpaired) electrons. The predicted octanol–water partition coefficient (Wildman–Crippen LogP) is 3.13. The molecular weight excluding hydrogens is 259 g/mol. The number of halogens is 2. The van der Waals surface area contributed by atoms with Crippen LogP contribution in [-0.2, 0) is 21.6 Å². The highest BCUT2D eigenvalue weighted by atomic mass is 35.5. The van der Waals surface area contributed by atoms with Crippen LogP contribution in [0.5, 0.6) is 0 Å². The molecule has 5 heteroatoms. The quantitative estimate of drug-likeness (QED) is 0.916. The van der Waals surface area contributed by atoms with Crippen molar-refractivity contribution in [1.82, 2.24) is 0 Å². The lowest BCUT2D eigenvalue weighted by molar-refractivity contribution is -0.147. The van der Waals surface area contributed by atoms with Crippen LogP contribution >= 0.6 is 11.6 Å². The second-order valence-electron chi connectivity index (χ2n) is 4.59.